The Morgan fingerprint density at radius 1 is 1.24 bits per heavy atom. The first-order valence-corrected chi connectivity index (χ1v) is 6.05. The molecule has 1 aliphatic rings. The lowest BCUT2D eigenvalue weighted by Gasteiger charge is -2.17. The molecule has 0 bridgehead atoms. The summed E-state index contributed by atoms with van der Waals surface area (Å²) in [4.78, 5) is 0. The van der Waals surface area contributed by atoms with E-state index in [2.05, 4.69) is 44.1 Å². The van der Waals surface area contributed by atoms with E-state index in [1.165, 1.54) is 5.57 Å². The molecular weight excluding hydrogens is 206 g/mol. The molecule has 0 spiro atoms. The van der Waals surface area contributed by atoms with Gasteiger partial charge in [0, 0.05) is 5.70 Å². The smallest absolute Gasteiger partial charge is 0.0555 e. The van der Waals surface area contributed by atoms with E-state index in [1.807, 2.05) is 19.9 Å². The highest BCUT2D eigenvalue weighted by Gasteiger charge is 2.39. The van der Waals surface area contributed by atoms with Gasteiger partial charge in [0.15, 0.2) is 0 Å². The summed E-state index contributed by atoms with van der Waals surface area (Å²) in [6.07, 6.45) is 8.48. The van der Waals surface area contributed by atoms with Crippen LogP contribution in [0.25, 0.3) is 0 Å². The fourth-order valence-corrected chi connectivity index (χ4v) is 1.59. The van der Waals surface area contributed by atoms with E-state index in [-0.39, 0.29) is 5.54 Å². The Kier molecular flexibility index (Phi) is 4.17. The largest absolute Gasteiger partial charge is 0.376 e. The van der Waals surface area contributed by atoms with Crippen LogP contribution in [0, 0.1) is 0 Å². The van der Waals surface area contributed by atoms with Gasteiger partial charge in [-0.25, -0.2) is 0 Å². The summed E-state index contributed by atoms with van der Waals surface area (Å²) in [6.45, 7) is 18.0. The minimum absolute atomic E-state index is 0.0936. The Morgan fingerprint density at radius 3 is 2.18 bits per heavy atom. The Hall–Kier alpha value is -1.50. The van der Waals surface area contributed by atoms with Crippen molar-refractivity contribution < 1.29 is 0 Å². The van der Waals surface area contributed by atoms with E-state index < -0.39 is 0 Å². The lowest BCUT2D eigenvalue weighted by Crippen LogP contribution is -2.28. The minimum Gasteiger partial charge on any atom is -0.376 e. The average molecular weight is 229 g/mol. The Labute approximate surface area is 105 Å². The molecule has 1 rings (SSSR count). The molecular formula is C16H23N. The number of hydrogen-bond donors (Lipinski definition) is 1. The maximum Gasteiger partial charge on any atom is 0.0555 e. The van der Waals surface area contributed by atoms with Gasteiger partial charge in [0.2, 0.25) is 0 Å². The highest BCUT2D eigenvalue weighted by Crippen LogP contribution is 2.37. The molecule has 1 nitrogen and oxygen atoms in total. The summed E-state index contributed by atoms with van der Waals surface area (Å²) in [5.74, 6) is 0. The van der Waals surface area contributed by atoms with E-state index in [4.69, 9.17) is 0 Å². The maximum atomic E-state index is 4.11. The van der Waals surface area contributed by atoms with Crippen LogP contribution in [-0.4, -0.2) is 5.54 Å². The standard InChI is InChI=1S/C16H23N/c1-7-15(11-13(5)12(3)4)14(6)17-16(8-2)9-10-16/h7-8,11,17H,2-3,6,9-10H2,1,4-5H3/b13-11-,15-7+. The van der Waals surface area contributed by atoms with Gasteiger partial charge in [-0.05, 0) is 44.8 Å². The van der Waals surface area contributed by atoms with Gasteiger partial charge >= 0.3 is 0 Å². The summed E-state index contributed by atoms with van der Waals surface area (Å²) in [5.41, 5.74) is 4.45. The first-order chi connectivity index (χ1) is 7.94. The third-order valence-corrected chi connectivity index (χ3v) is 3.28. The summed E-state index contributed by atoms with van der Waals surface area (Å²) < 4.78 is 0. The molecule has 0 aromatic carbocycles. The number of rotatable bonds is 6. The summed E-state index contributed by atoms with van der Waals surface area (Å²) in [7, 11) is 0. The number of allylic oxidation sites excluding steroid dienone is 4. The Balaban J connectivity index is 2.76. The van der Waals surface area contributed by atoms with Gasteiger partial charge in [0.05, 0.1) is 5.54 Å². The lowest BCUT2D eigenvalue weighted by atomic mass is 10.0. The van der Waals surface area contributed by atoms with Crippen LogP contribution in [0.4, 0.5) is 0 Å². The van der Waals surface area contributed by atoms with Crippen LogP contribution in [0.15, 0.2) is 60.4 Å². The van der Waals surface area contributed by atoms with Crippen molar-refractivity contribution in [1.82, 2.24) is 5.32 Å². The van der Waals surface area contributed by atoms with Crippen molar-refractivity contribution in [3.63, 3.8) is 0 Å². The van der Waals surface area contributed by atoms with E-state index >= 15 is 0 Å². The van der Waals surface area contributed by atoms with Gasteiger partial charge in [0.25, 0.3) is 0 Å². The van der Waals surface area contributed by atoms with E-state index in [1.54, 1.807) is 0 Å². The molecule has 0 saturated heterocycles. The fourth-order valence-electron chi connectivity index (χ4n) is 1.59. The zero-order chi connectivity index (χ0) is 13.1. The first kappa shape index (κ1) is 13.6. The zero-order valence-corrected chi connectivity index (χ0v) is 11.3. The normalized spacial score (nSPS) is 18.5. The molecule has 0 radical (unpaired) electrons. The second kappa shape index (κ2) is 5.22. The molecule has 0 atom stereocenters. The summed E-state index contributed by atoms with van der Waals surface area (Å²) in [5, 5.41) is 3.46. The van der Waals surface area contributed by atoms with Crippen molar-refractivity contribution in [1.29, 1.82) is 0 Å². The van der Waals surface area contributed by atoms with E-state index in [9.17, 15) is 0 Å². The lowest BCUT2D eigenvalue weighted by molar-refractivity contribution is 0.683. The average Bonchev–Trinajstić information content (AvgIpc) is 3.05. The van der Waals surface area contributed by atoms with Gasteiger partial charge in [-0.2, -0.15) is 0 Å². The second-order valence-corrected chi connectivity index (χ2v) is 4.82. The van der Waals surface area contributed by atoms with E-state index in [0.717, 1.165) is 29.7 Å². The maximum absolute atomic E-state index is 4.11. The molecule has 0 aliphatic heterocycles. The topological polar surface area (TPSA) is 12.0 Å². The molecule has 0 aromatic rings. The molecule has 1 N–H and O–H groups in total. The van der Waals surface area contributed by atoms with Crippen molar-refractivity contribution >= 4 is 0 Å². The van der Waals surface area contributed by atoms with E-state index in [0.29, 0.717) is 0 Å². The number of hydrogen-bond acceptors (Lipinski definition) is 1. The van der Waals surface area contributed by atoms with Crippen molar-refractivity contribution in [3.8, 4) is 0 Å². The predicted octanol–water partition coefficient (Wildman–Crippen LogP) is 4.28. The number of nitrogens with one attached hydrogen (secondary N) is 1. The molecule has 1 saturated carbocycles. The van der Waals surface area contributed by atoms with Crippen LogP contribution in [0.1, 0.15) is 33.6 Å². The van der Waals surface area contributed by atoms with Gasteiger partial charge in [0.1, 0.15) is 0 Å². The van der Waals surface area contributed by atoms with Crippen LogP contribution in [0.3, 0.4) is 0 Å². The molecule has 0 unspecified atom stereocenters. The molecule has 1 aliphatic carbocycles. The highest BCUT2D eigenvalue weighted by atomic mass is 15.0. The van der Waals surface area contributed by atoms with Crippen LogP contribution in [0.2, 0.25) is 0 Å². The minimum atomic E-state index is 0.0936. The van der Waals surface area contributed by atoms with Gasteiger partial charge in [-0.3, -0.25) is 0 Å². The molecule has 17 heavy (non-hydrogen) atoms. The Morgan fingerprint density at radius 2 is 1.82 bits per heavy atom. The van der Waals surface area contributed by atoms with Gasteiger partial charge < -0.3 is 5.32 Å². The first-order valence-electron chi connectivity index (χ1n) is 6.05. The molecule has 0 heterocycles. The molecule has 92 valence electrons. The molecule has 1 fully saturated rings. The molecule has 1 heteroatoms. The summed E-state index contributed by atoms with van der Waals surface area (Å²) in [6, 6.07) is 0. The molecule has 0 amide bonds. The predicted molar refractivity (Wildman–Crippen MR) is 76.8 cm³/mol. The third kappa shape index (κ3) is 3.48. The third-order valence-electron chi connectivity index (χ3n) is 3.28. The second-order valence-electron chi connectivity index (χ2n) is 4.82. The van der Waals surface area contributed by atoms with Gasteiger partial charge in [-0.15, -0.1) is 6.58 Å². The van der Waals surface area contributed by atoms with Crippen LogP contribution < -0.4 is 5.32 Å². The SMILES string of the molecule is C=CC1(NC(=C)C(/C=C(/C)C(=C)C)=C/C)CC1. The quantitative estimate of drug-likeness (QED) is 0.529. The van der Waals surface area contributed by atoms with Crippen molar-refractivity contribution in [2.75, 3.05) is 0 Å². The molecule has 0 aromatic heterocycles. The van der Waals surface area contributed by atoms with Crippen molar-refractivity contribution in [3.05, 3.63) is 60.4 Å². The fraction of sp³-hybridized carbons (Fsp3) is 0.375. The van der Waals surface area contributed by atoms with Crippen molar-refractivity contribution in [2.45, 2.75) is 39.2 Å². The monoisotopic (exact) mass is 229 g/mol. The van der Waals surface area contributed by atoms with Crippen molar-refractivity contribution in [2.24, 2.45) is 0 Å². The van der Waals surface area contributed by atoms with Crippen LogP contribution >= 0.6 is 0 Å². The Bertz CT molecular complexity index is 403. The van der Waals surface area contributed by atoms with Gasteiger partial charge in [-0.1, -0.05) is 37.0 Å². The van der Waals surface area contributed by atoms with Crippen LogP contribution in [0.5, 0.6) is 0 Å². The summed E-state index contributed by atoms with van der Waals surface area (Å²) >= 11 is 0. The van der Waals surface area contributed by atoms with Crippen LogP contribution in [-0.2, 0) is 0 Å². The highest BCUT2D eigenvalue weighted by molar-refractivity contribution is 5.43. The zero-order valence-electron chi connectivity index (χ0n) is 11.3.